The van der Waals surface area contributed by atoms with E-state index in [1.165, 1.54) is 13.1 Å². The van der Waals surface area contributed by atoms with E-state index in [1.54, 1.807) is 6.92 Å². The van der Waals surface area contributed by atoms with Gasteiger partial charge in [0.25, 0.3) is 0 Å². The molecule has 1 heterocycles. The number of alkyl halides is 3. The number of rotatable bonds is 5. The van der Waals surface area contributed by atoms with E-state index in [1.807, 2.05) is 0 Å². The lowest BCUT2D eigenvalue weighted by Crippen LogP contribution is -2.39. The van der Waals surface area contributed by atoms with Crippen molar-refractivity contribution in [3.05, 3.63) is 51.5 Å². The zero-order chi connectivity index (χ0) is 19.3. The normalized spacial score (nSPS) is 13.6. The maximum atomic E-state index is 13.8. The zero-order valence-electron chi connectivity index (χ0n) is 14.0. The summed E-state index contributed by atoms with van der Waals surface area (Å²) in [7, 11) is 1.51. The van der Waals surface area contributed by atoms with Crippen molar-refractivity contribution in [1.82, 2.24) is 15.6 Å². The number of benzene rings is 1. The molecule has 0 bridgehead atoms. The Labute approximate surface area is 151 Å². The van der Waals surface area contributed by atoms with E-state index in [0.29, 0.717) is 17.5 Å². The molecule has 0 spiro atoms. The summed E-state index contributed by atoms with van der Waals surface area (Å²) >= 11 is 0.933. The van der Waals surface area contributed by atoms with Gasteiger partial charge in [-0.2, -0.15) is 13.2 Å². The van der Waals surface area contributed by atoms with Crippen molar-refractivity contribution >= 4 is 17.3 Å². The fourth-order valence-corrected chi connectivity index (χ4v) is 2.98. The standard InChI is InChI=1S/C16H17F5N4S/c1-9(11-4-3-10(17)7-12(11)18)24-15(22-2)23-6-5-14-25-13(8-26-14)16(19,20)21/h3-4,7-9H,5-6H2,1-2H3,(H2,22,23,24). The van der Waals surface area contributed by atoms with Gasteiger partial charge in [-0.25, -0.2) is 13.8 Å². The van der Waals surface area contributed by atoms with Crippen molar-refractivity contribution < 1.29 is 22.0 Å². The number of halogens is 5. The van der Waals surface area contributed by atoms with Crippen LogP contribution in [0, 0.1) is 11.6 Å². The van der Waals surface area contributed by atoms with Crippen LogP contribution in [-0.2, 0) is 12.6 Å². The Bertz CT molecular complexity index is 772. The monoisotopic (exact) mass is 392 g/mol. The highest BCUT2D eigenvalue weighted by atomic mass is 32.1. The Morgan fingerprint density at radius 3 is 2.62 bits per heavy atom. The summed E-state index contributed by atoms with van der Waals surface area (Å²) in [4.78, 5) is 7.52. The Morgan fingerprint density at radius 2 is 2.04 bits per heavy atom. The molecule has 1 atom stereocenters. The molecular weight excluding hydrogens is 375 g/mol. The lowest BCUT2D eigenvalue weighted by molar-refractivity contribution is -0.140. The van der Waals surface area contributed by atoms with Crippen LogP contribution in [0.5, 0.6) is 0 Å². The van der Waals surface area contributed by atoms with Gasteiger partial charge in [-0.15, -0.1) is 11.3 Å². The van der Waals surface area contributed by atoms with Crippen LogP contribution in [0.4, 0.5) is 22.0 Å². The molecule has 4 nitrogen and oxygen atoms in total. The van der Waals surface area contributed by atoms with Crippen molar-refractivity contribution in [1.29, 1.82) is 0 Å². The van der Waals surface area contributed by atoms with Crippen molar-refractivity contribution in [3.8, 4) is 0 Å². The number of hydrogen-bond donors (Lipinski definition) is 2. The summed E-state index contributed by atoms with van der Waals surface area (Å²) in [5.74, 6) is -1.00. The molecule has 2 aromatic rings. The Balaban J connectivity index is 1.88. The first-order valence-corrected chi connectivity index (χ1v) is 8.52. The fourth-order valence-electron chi connectivity index (χ4n) is 2.17. The predicted octanol–water partition coefficient (Wildman–Crippen LogP) is 3.91. The SMILES string of the molecule is CN=C(NCCc1nc(C(F)(F)F)cs1)NC(C)c1ccc(F)cc1F. The lowest BCUT2D eigenvalue weighted by Gasteiger charge is -2.18. The molecule has 2 rings (SSSR count). The fraction of sp³-hybridized carbons (Fsp3) is 0.375. The Morgan fingerprint density at radius 1 is 1.31 bits per heavy atom. The average Bonchev–Trinajstić information content (AvgIpc) is 3.02. The van der Waals surface area contributed by atoms with E-state index < -0.39 is 29.5 Å². The third-order valence-electron chi connectivity index (χ3n) is 3.48. The largest absolute Gasteiger partial charge is 0.434 e. The number of nitrogens with one attached hydrogen (secondary N) is 2. The molecule has 0 aliphatic heterocycles. The number of aromatic nitrogens is 1. The molecule has 0 aliphatic carbocycles. The quantitative estimate of drug-likeness (QED) is 0.461. The van der Waals surface area contributed by atoms with Crippen molar-refractivity contribution in [2.75, 3.05) is 13.6 Å². The summed E-state index contributed by atoms with van der Waals surface area (Å²) in [5, 5.41) is 7.18. The Kier molecular flexibility index (Phi) is 6.52. The second kappa shape index (κ2) is 8.43. The third-order valence-corrected chi connectivity index (χ3v) is 4.39. The van der Waals surface area contributed by atoms with Crippen LogP contribution >= 0.6 is 11.3 Å². The van der Waals surface area contributed by atoms with E-state index in [4.69, 9.17) is 0 Å². The highest BCUT2D eigenvalue weighted by molar-refractivity contribution is 7.09. The minimum Gasteiger partial charge on any atom is -0.356 e. The molecule has 142 valence electrons. The van der Waals surface area contributed by atoms with E-state index in [-0.39, 0.29) is 12.0 Å². The molecule has 0 aliphatic rings. The lowest BCUT2D eigenvalue weighted by atomic mass is 10.1. The van der Waals surface area contributed by atoms with Crippen LogP contribution < -0.4 is 10.6 Å². The van der Waals surface area contributed by atoms with Crippen molar-refractivity contribution in [2.24, 2.45) is 4.99 Å². The number of hydrogen-bond acceptors (Lipinski definition) is 3. The van der Waals surface area contributed by atoms with Crippen LogP contribution in [0.3, 0.4) is 0 Å². The maximum Gasteiger partial charge on any atom is 0.434 e. The number of guanidine groups is 1. The molecule has 0 saturated carbocycles. The van der Waals surface area contributed by atoms with E-state index in [9.17, 15) is 22.0 Å². The molecule has 0 radical (unpaired) electrons. The summed E-state index contributed by atoms with van der Waals surface area (Å²) in [5.41, 5.74) is -0.635. The topological polar surface area (TPSA) is 49.3 Å². The molecule has 1 aromatic heterocycles. The van der Waals surface area contributed by atoms with E-state index >= 15 is 0 Å². The van der Waals surface area contributed by atoms with Crippen molar-refractivity contribution in [3.63, 3.8) is 0 Å². The minimum absolute atomic E-state index is 0.268. The zero-order valence-corrected chi connectivity index (χ0v) is 14.8. The van der Waals surface area contributed by atoms with Gasteiger partial charge in [-0.05, 0) is 13.0 Å². The van der Waals surface area contributed by atoms with Gasteiger partial charge >= 0.3 is 6.18 Å². The van der Waals surface area contributed by atoms with Crippen LogP contribution in [0.25, 0.3) is 0 Å². The van der Waals surface area contributed by atoms with Crippen LogP contribution in [0.2, 0.25) is 0 Å². The highest BCUT2D eigenvalue weighted by Gasteiger charge is 2.33. The van der Waals surface area contributed by atoms with Gasteiger partial charge in [-0.3, -0.25) is 4.99 Å². The summed E-state index contributed by atoms with van der Waals surface area (Å²) in [6.45, 7) is 1.97. The molecule has 0 fully saturated rings. The number of aliphatic imine (C=N–C) groups is 1. The van der Waals surface area contributed by atoms with Gasteiger partial charge in [0.2, 0.25) is 0 Å². The molecule has 26 heavy (non-hydrogen) atoms. The van der Waals surface area contributed by atoms with Crippen molar-refractivity contribution in [2.45, 2.75) is 25.6 Å². The number of thiazole rings is 1. The Hall–Kier alpha value is -2.23. The van der Waals surface area contributed by atoms with Gasteiger partial charge < -0.3 is 10.6 Å². The molecule has 1 aromatic carbocycles. The van der Waals surface area contributed by atoms with Gasteiger partial charge in [0, 0.05) is 37.0 Å². The molecule has 0 saturated heterocycles. The summed E-state index contributed by atoms with van der Waals surface area (Å²) in [6.07, 6.45) is -4.17. The van der Waals surface area contributed by atoms with Gasteiger partial charge in [0.15, 0.2) is 11.7 Å². The first-order chi connectivity index (χ1) is 12.2. The van der Waals surface area contributed by atoms with Crippen LogP contribution in [0.15, 0.2) is 28.6 Å². The van der Waals surface area contributed by atoms with Crippen LogP contribution in [-0.4, -0.2) is 24.5 Å². The van der Waals surface area contributed by atoms with Crippen LogP contribution in [0.1, 0.15) is 29.2 Å². The van der Waals surface area contributed by atoms with Gasteiger partial charge in [0.05, 0.1) is 11.0 Å². The van der Waals surface area contributed by atoms with Gasteiger partial charge in [-0.1, -0.05) is 6.07 Å². The first kappa shape index (κ1) is 20.1. The van der Waals surface area contributed by atoms with Gasteiger partial charge in [0.1, 0.15) is 11.6 Å². The molecule has 0 amide bonds. The molecule has 2 N–H and O–H groups in total. The number of nitrogens with zero attached hydrogens (tertiary/aromatic N) is 2. The maximum absolute atomic E-state index is 13.8. The third kappa shape index (κ3) is 5.38. The average molecular weight is 392 g/mol. The second-order valence-electron chi connectivity index (χ2n) is 5.41. The van der Waals surface area contributed by atoms with E-state index in [0.717, 1.165) is 28.8 Å². The summed E-state index contributed by atoms with van der Waals surface area (Å²) in [6, 6.07) is 2.81. The predicted molar refractivity (Wildman–Crippen MR) is 90.1 cm³/mol. The van der Waals surface area contributed by atoms with E-state index in [2.05, 4.69) is 20.6 Å². The molecule has 10 heteroatoms. The molecule has 1 unspecified atom stereocenters. The smallest absolute Gasteiger partial charge is 0.356 e. The highest BCUT2D eigenvalue weighted by Crippen LogP contribution is 2.30. The minimum atomic E-state index is -4.45. The molecular formula is C16H17F5N4S. The summed E-state index contributed by atoms with van der Waals surface area (Å²) < 4.78 is 64.3. The second-order valence-corrected chi connectivity index (χ2v) is 6.35. The first-order valence-electron chi connectivity index (χ1n) is 7.64.